The smallest absolute Gasteiger partial charge is 0.178 e. The quantitative estimate of drug-likeness (QED) is 0.800. The van der Waals surface area contributed by atoms with Crippen LogP contribution in [0.5, 0.6) is 0 Å². The summed E-state index contributed by atoms with van der Waals surface area (Å²) in [5, 5.41) is 11.1. The standard InChI is InChI=1S/C21H28O3/c1-13(22)21(24)11-8-18-16-5-4-14-12-15(23)6-9-19(14,2)17(16)7-10-20(18,21)3/h6,9,12,16-18,24H,4-5,7-8,10-11H2,1-3H3. The molecule has 6 unspecified atom stereocenters. The van der Waals surface area contributed by atoms with Crippen LogP contribution in [0.25, 0.3) is 0 Å². The molecule has 1 N–H and O–H groups in total. The SMILES string of the molecule is CC(=O)C1(O)CCC2C3CCC4=CC(=O)C=CC4(C)C3CCC21C. The van der Waals surface area contributed by atoms with Crippen molar-refractivity contribution in [1.82, 2.24) is 0 Å². The predicted molar refractivity (Wildman–Crippen MR) is 92.2 cm³/mol. The summed E-state index contributed by atoms with van der Waals surface area (Å²) in [7, 11) is 0. The van der Waals surface area contributed by atoms with Crippen LogP contribution >= 0.6 is 0 Å². The van der Waals surface area contributed by atoms with Crippen LogP contribution in [-0.2, 0) is 9.59 Å². The molecule has 24 heavy (non-hydrogen) atoms. The van der Waals surface area contributed by atoms with Gasteiger partial charge in [0.25, 0.3) is 0 Å². The lowest BCUT2D eigenvalue weighted by molar-refractivity contribution is -0.158. The highest BCUT2D eigenvalue weighted by Gasteiger charge is 2.65. The van der Waals surface area contributed by atoms with E-state index >= 15 is 0 Å². The van der Waals surface area contributed by atoms with E-state index in [-0.39, 0.29) is 22.4 Å². The Labute approximate surface area is 144 Å². The minimum Gasteiger partial charge on any atom is -0.382 e. The van der Waals surface area contributed by atoms with Crippen LogP contribution in [-0.4, -0.2) is 22.3 Å². The van der Waals surface area contributed by atoms with Gasteiger partial charge in [0.1, 0.15) is 5.60 Å². The van der Waals surface area contributed by atoms with Crippen molar-refractivity contribution in [3.8, 4) is 0 Å². The van der Waals surface area contributed by atoms with Gasteiger partial charge in [-0.05, 0) is 75.4 Å². The molecule has 0 bridgehead atoms. The van der Waals surface area contributed by atoms with Gasteiger partial charge in [0.2, 0.25) is 0 Å². The third-order valence-corrected chi connectivity index (χ3v) is 8.29. The van der Waals surface area contributed by atoms with Gasteiger partial charge in [-0.1, -0.05) is 25.5 Å². The summed E-state index contributed by atoms with van der Waals surface area (Å²) in [6.45, 7) is 5.99. The molecule has 3 fully saturated rings. The number of hydrogen-bond donors (Lipinski definition) is 1. The molecular weight excluding hydrogens is 300 g/mol. The first kappa shape index (κ1) is 16.3. The number of carbonyl (C=O) groups is 2. The van der Waals surface area contributed by atoms with E-state index in [4.69, 9.17) is 0 Å². The summed E-state index contributed by atoms with van der Waals surface area (Å²) in [5.41, 5.74) is -0.154. The summed E-state index contributed by atoms with van der Waals surface area (Å²) in [6.07, 6.45) is 11.3. The van der Waals surface area contributed by atoms with Crippen molar-refractivity contribution in [2.24, 2.45) is 28.6 Å². The Kier molecular flexibility index (Phi) is 3.32. The van der Waals surface area contributed by atoms with E-state index in [1.54, 1.807) is 13.0 Å². The molecule has 3 saturated carbocycles. The molecule has 4 aliphatic rings. The van der Waals surface area contributed by atoms with Gasteiger partial charge in [-0.2, -0.15) is 0 Å². The third-order valence-electron chi connectivity index (χ3n) is 8.29. The van der Waals surface area contributed by atoms with E-state index in [1.807, 2.05) is 6.08 Å². The molecule has 0 spiro atoms. The normalized spacial score (nSPS) is 49.9. The average Bonchev–Trinajstić information content (AvgIpc) is 2.81. The molecular formula is C21H28O3. The van der Waals surface area contributed by atoms with Crippen molar-refractivity contribution in [3.63, 3.8) is 0 Å². The van der Waals surface area contributed by atoms with Gasteiger partial charge in [-0.25, -0.2) is 0 Å². The molecule has 0 aromatic heterocycles. The zero-order valence-corrected chi connectivity index (χ0v) is 15.0. The van der Waals surface area contributed by atoms with Crippen molar-refractivity contribution in [2.45, 2.75) is 64.9 Å². The highest BCUT2D eigenvalue weighted by molar-refractivity contribution is 6.01. The first-order valence-electron chi connectivity index (χ1n) is 9.40. The lowest BCUT2D eigenvalue weighted by Gasteiger charge is -2.57. The number of rotatable bonds is 1. The molecule has 0 amide bonds. The van der Waals surface area contributed by atoms with E-state index in [9.17, 15) is 14.7 Å². The van der Waals surface area contributed by atoms with E-state index in [0.29, 0.717) is 24.2 Å². The van der Waals surface area contributed by atoms with E-state index in [1.165, 1.54) is 5.57 Å². The fourth-order valence-corrected chi connectivity index (χ4v) is 6.79. The second-order valence-corrected chi connectivity index (χ2v) is 9.01. The third kappa shape index (κ3) is 1.82. The first-order valence-corrected chi connectivity index (χ1v) is 9.40. The second-order valence-electron chi connectivity index (χ2n) is 9.01. The Morgan fingerprint density at radius 1 is 1.17 bits per heavy atom. The Morgan fingerprint density at radius 3 is 2.58 bits per heavy atom. The Morgan fingerprint density at radius 2 is 1.88 bits per heavy atom. The van der Waals surface area contributed by atoms with E-state index in [2.05, 4.69) is 19.9 Å². The topological polar surface area (TPSA) is 54.4 Å². The van der Waals surface area contributed by atoms with Gasteiger partial charge < -0.3 is 5.11 Å². The molecule has 3 heteroatoms. The molecule has 0 radical (unpaired) electrons. The zero-order valence-electron chi connectivity index (χ0n) is 15.0. The van der Waals surface area contributed by atoms with E-state index < -0.39 is 5.60 Å². The van der Waals surface area contributed by atoms with Crippen LogP contribution in [0.4, 0.5) is 0 Å². The van der Waals surface area contributed by atoms with Crippen molar-refractivity contribution >= 4 is 11.6 Å². The number of Topliss-reactive ketones (excluding diaryl/α,β-unsaturated/α-hetero) is 1. The number of ketones is 2. The van der Waals surface area contributed by atoms with Crippen molar-refractivity contribution in [2.75, 3.05) is 0 Å². The molecule has 130 valence electrons. The Bertz CT molecular complexity index is 675. The fourth-order valence-electron chi connectivity index (χ4n) is 6.79. The number of hydrogen-bond acceptors (Lipinski definition) is 3. The van der Waals surface area contributed by atoms with Crippen LogP contribution in [0.2, 0.25) is 0 Å². The minimum atomic E-state index is -1.14. The average molecular weight is 328 g/mol. The van der Waals surface area contributed by atoms with E-state index in [0.717, 1.165) is 32.1 Å². The van der Waals surface area contributed by atoms with Crippen molar-refractivity contribution < 1.29 is 14.7 Å². The summed E-state index contributed by atoms with van der Waals surface area (Å²) in [4.78, 5) is 24.0. The second kappa shape index (κ2) is 4.91. The largest absolute Gasteiger partial charge is 0.382 e. The van der Waals surface area contributed by atoms with Crippen molar-refractivity contribution in [3.05, 3.63) is 23.8 Å². The molecule has 0 aliphatic heterocycles. The summed E-state index contributed by atoms with van der Waals surface area (Å²) in [6, 6.07) is 0. The molecule has 4 aliphatic carbocycles. The maximum absolute atomic E-state index is 12.2. The number of carbonyl (C=O) groups excluding carboxylic acids is 2. The van der Waals surface area contributed by atoms with Gasteiger partial charge in [0.15, 0.2) is 11.6 Å². The molecule has 0 saturated heterocycles. The van der Waals surface area contributed by atoms with Crippen LogP contribution in [0.3, 0.4) is 0 Å². The Hall–Kier alpha value is -1.22. The van der Waals surface area contributed by atoms with Crippen molar-refractivity contribution in [1.29, 1.82) is 0 Å². The molecule has 0 aromatic rings. The minimum absolute atomic E-state index is 0.0188. The molecule has 4 rings (SSSR count). The highest BCUT2D eigenvalue weighted by Crippen LogP contribution is 2.66. The van der Waals surface area contributed by atoms with Gasteiger partial charge in [-0.3, -0.25) is 9.59 Å². The number of fused-ring (bicyclic) bond motifs is 5. The maximum Gasteiger partial charge on any atom is 0.178 e. The predicted octanol–water partition coefficient (Wildman–Crippen LogP) is 3.61. The van der Waals surface area contributed by atoms with Crippen LogP contribution in [0.15, 0.2) is 23.8 Å². The summed E-state index contributed by atoms with van der Waals surface area (Å²) in [5.74, 6) is 1.53. The number of allylic oxidation sites excluding steroid dienone is 4. The fraction of sp³-hybridized carbons (Fsp3) is 0.714. The molecule has 0 aromatic carbocycles. The lowest BCUT2D eigenvalue weighted by atomic mass is 9.47. The van der Waals surface area contributed by atoms with Gasteiger partial charge in [0, 0.05) is 10.8 Å². The molecule has 6 atom stereocenters. The lowest BCUT2D eigenvalue weighted by Crippen LogP contribution is -2.56. The first-order chi connectivity index (χ1) is 11.2. The van der Waals surface area contributed by atoms with Gasteiger partial charge >= 0.3 is 0 Å². The van der Waals surface area contributed by atoms with Crippen LogP contribution in [0, 0.1) is 28.6 Å². The highest BCUT2D eigenvalue weighted by atomic mass is 16.3. The maximum atomic E-state index is 12.2. The Balaban J connectivity index is 1.71. The number of aliphatic hydroxyl groups is 1. The monoisotopic (exact) mass is 328 g/mol. The summed E-state index contributed by atoms with van der Waals surface area (Å²) >= 11 is 0. The van der Waals surface area contributed by atoms with Gasteiger partial charge in [-0.15, -0.1) is 0 Å². The zero-order chi connectivity index (χ0) is 17.3. The molecule has 3 nitrogen and oxygen atoms in total. The van der Waals surface area contributed by atoms with Gasteiger partial charge in [0.05, 0.1) is 0 Å². The van der Waals surface area contributed by atoms with Crippen LogP contribution in [0.1, 0.15) is 59.3 Å². The molecule has 0 heterocycles. The summed E-state index contributed by atoms with van der Waals surface area (Å²) < 4.78 is 0. The van der Waals surface area contributed by atoms with Crippen LogP contribution < -0.4 is 0 Å².